The van der Waals surface area contributed by atoms with Gasteiger partial charge in [-0.3, -0.25) is 4.90 Å². The van der Waals surface area contributed by atoms with Crippen LogP contribution in [0.5, 0.6) is 0 Å². The highest BCUT2D eigenvalue weighted by Gasteiger charge is 2.18. The lowest BCUT2D eigenvalue weighted by atomic mass is 10.3. The van der Waals surface area contributed by atoms with Crippen LogP contribution < -0.4 is 10.2 Å². The molecule has 8 nitrogen and oxygen atoms in total. The number of fused-ring (bicyclic) bond motifs is 1. The van der Waals surface area contributed by atoms with Gasteiger partial charge in [0.05, 0.1) is 23.0 Å². The summed E-state index contributed by atoms with van der Waals surface area (Å²) in [7, 11) is 0. The van der Waals surface area contributed by atoms with Crippen molar-refractivity contribution in [3.8, 4) is 0 Å². The van der Waals surface area contributed by atoms with Crippen LogP contribution in [0.3, 0.4) is 0 Å². The molecule has 26 heavy (non-hydrogen) atoms. The summed E-state index contributed by atoms with van der Waals surface area (Å²) >= 11 is 1.62. The van der Waals surface area contributed by atoms with Crippen molar-refractivity contribution in [1.29, 1.82) is 0 Å². The van der Waals surface area contributed by atoms with Crippen molar-refractivity contribution < 1.29 is 5.11 Å². The number of hydrogen-bond donors (Lipinski definition) is 2. The van der Waals surface area contributed by atoms with Gasteiger partial charge in [-0.25, -0.2) is 19.9 Å². The van der Waals surface area contributed by atoms with Gasteiger partial charge in [0.1, 0.15) is 17.5 Å². The Morgan fingerprint density at radius 3 is 2.85 bits per heavy atom. The number of nitrogens with one attached hydrogen (secondary N) is 1. The molecular weight excluding hydrogens is 350 g/mol. The molecule has 0 atom stereocenters. The Balaban J connectivity index is 1.51. The summed E-state index contributed by atoms with van der Waals surface area (Å²) in [5, 5.41) is 14.3. The summed E-state index contributed by atoms with van der Waals surface area (Å²) in [6, 6.07) is 3.92. The van der Waals surface area contributed by atoms with Gasteiger partial charge in [-0.05, 0) is 18.4 Å². The molecule has 0 radical (unpaired) electrons. The lowest BCUT2D eigenvalue weighted by Gasteiger charge is -2.35. The number of hydrogen-bond acceptors (Lipinski definition) is 9. The van der Waals surface area contributed by atoms with Crippen LogP contribution in [0.25, 0.3) is 10.2 Å². The van der Waals surface area contributed by atoms with Crippen molar-refractivity contribution in [2.75, 3.05) is 49.5 Å². The maximum atomic E-state index is 9.07. The third-order valence-electron chi connectivity index (χ3n) is 4.38. The second-order valence-corrected chi connectivity index (χ2v) is 7.15. The Morgan fingerprint density at radius 1 is 1.19 bits per heavy atom. The monoisotopic (exact) mass is 371 g/mol. The van der Waals surface area contributed by atoms with Gasteiger partial charge < -0.3 is 15.3 Å². The van der Waals surface area contributed by atoms with Crippen molar-refractivity contribution in [2.24, 2.45) is 0 Å². The molecule has 0 spiro atoms. The van der Waals surface area contributed by atoms with E-state index in [0.717, 1.165) is 48.8 Å². The van der Waals surface area contributed by atoms with E-state index in [4.69, 9.17) is 5.11 Å². The molecule has 4 rings (SSSR count). The smallest absolute Gasteiger partial charge is 0.228 e. The molecule has 2 N–H and O–H groups in total. The Bertz CT molecular complexity index is 892. The molecule has 9 heteroatoms. The van der Waals surface area contributed by atoms with Crippen LogP contribution >= 0.6 is 11.3 Å². The maximum Gasteiger partial charge on any atom is 0.228 e. The number of aromatic nitrogens is 4. The lowest BCUT2D eigenvalue weighted by molar-refractivity contribution is 0.188. The largest absolute Gasteiger partial charge is 0.395 e. The maximum absolute atomic E-state index is 9.07. The number of β-amino-alcohol motifs (C(OH)–C–C–N with tert-alkyl or cyclic N) is 1. The van der Waals surface area contributed by atoms with Crippen molar-refractivity contribution in [2.45, 2.75) is 6.92 Å². The molecule has 1 saturated heterocycles. The van der Waals surface area contributed by atoms with E-state index in [-0.39, 0.29) is 6.61 Å². The van der Waals surface area contributed by atoms with E-state index in [9.17, 15) is 0 Å². The molecule has 0 bridgehead atoms. The summed E-state index contributed by atoms with van der Waals surface area (Å²) in [5.41, 5.74) is 0.929. The normalized spacial score (nSPS) is 15.5. The van der Waals surface area contributed by atoms with Crippen LogP contribution in [0.2, 0.25) is 0 Å². The molecule has 0 saturated carbocycles. The average Bonchev–Trinajstić information content (AvgIpc) is 3.10. The predicted molar refractivity (Wildman–Crippen MR) is 103 cm³/mol. The number of aliphatic hydroxyl groups is 1. The van der Waals surface area contributed by atoms with E-state index in [1.54, 1.807) is 11.3 Å². The quantitative estimate of drug-likeness (QED) is 0.700. The fourth-order valence-corrected chi connectivity index (χ4v) is 3.75. The molecule has 0 amide bonds. The van der Waals surface area contributed by atoms with E-state index in [2.05, 4.69) is 35.1 Å². The first-order chi connectivity index (χ1) is 12.7. The van der Waals surface area contributed by atoms with E-state index in [1.807, 2.05) is 30.6 Å². The number of thiophene rings is 1. The zero-order valence-corrected chi connectivity index (χ0v) is 15.4. The van der Waals surface area contributed by atoms with Gasteiger partial charge in [0.15, 0.2) is 0 Å². The number of nitrogens with zero attached hydrogens (tertiary/aromatic N) is 6. The highest BCUT2D eigenvalue weighted by Crippen LogP contribution is 2.22. The van der Waals surface area contributed by atoms with Gasteiger partial charge in [-0.2, -0.15) is 0 Å². The SMILES string of the molecule is Cc1nc(Nc2ncc3sccc3n2)cc(N2CCN(CCO)CC2)n1. The minimum Gasteiger partial charge on any atom is -0.395 e. The Hall–Kier alpha value is -2.36. The van der Waals surface area contributed by atoms with Gasteiger partial charge in [-0.15, -0.1) is 11.3 Å². The molecule has 1 aliphatic heterocycles. The summed E-state index contributed by atoms with van der Waals surface area (Å²) in [6.45, 7) is 6.43. The van der Waals surface area contributed by atoms with Crippen molar-refractivity contribution >= 4 is 39.1 Å². The first-order valence-corrected chi connectivity index (χ1v) is 9.50. The summed E-state index contributed by atoms with van der Waals surface area (Å²) in [5.74, 6) is 2.84. The van der Waals surface area contributed by atoms with Crippen LogP contribution in [0.1, 0.15) is 5.82 Å². The fraction of sp³-hybridized carbons (Fsp3) is 0.412. The van der Waals surface area contributed by atoms with E-state index in [0.29, 0.717) is 17.6 Å². The minimum atomic E-state index is 0.204. The Kier molecular flexibility index (Phi) is 4.91. The van der Waals surface area contributed by atoms with Crippen LogP contribution in [0, 0.1) is 6.92 Å². The van der Waals surface area contributed by atoms with Gasteiger partial charge in [0.2, 0.25) is 5.95 Å². The Morgan fingerprint density at radius 2 is 2.04 bits per heavy atom. The van der Waals surface area contributed by atoms with Gasteiger partial charge in [-0.1, -0.05) is 0 Å². The predicted octanol–water partition coefficient (Wildman–Crippen LogP) is 1.65. The first kappa shape index (κ1) is 17.1. The molecular formula is C17H21N7OS. The third-order valence-corrected chi connectivity index (χ3v) is 5.22. The number of rotatable bonds is 5. The minimum absolute atomic E-state index is 0.204. The molecule has 1 aliphatic rings. The third kappa shape index (κ3) is 3.74. The average molecular weight is 371 g/mol. The van der Waals surface area contributed by atoms with Gasteiger partial charge >= 0.3 is 0 Å². The fourth-order valence-electron chi connectivity index (χ4n) is 3.06. The number of piperazine rings is 1. The summed E-state index contributed by atoms with van der Waals surface area (Å²) in [4.78, 5) is 22.4. The van der Waals surface area contributed by atoms with Crippen LogP contribution in [0.4, 0.5) is 17.6 Å². The highest BCUT2D eigenvalue weighted by molar-refractivity contribution is 7.17. The highest BCUT2D eigenvalue weighted by atomic mass is 32.1. The second-order valence-electron chi connectivity index (χ2n) is 6.20. The molecule has 3 aromatic rings. The molecule has 4 heterocycles. The summed E-state index contributed by atoms with van der Waals surface area (Å²) < 4.78 is 1.07. The van der Waals surface area contributed by atoms with E-state index < -0.39 is 0 Å². The van der Waals surface area contributed by atoms with Crippen LogP contribution in [0.15, 0.2) is 23.7 Å². The zero-order chi connectivity index (χ0) is 17.9. The molecule has 136 valence electrons. The number of aryl methyl sites for hydroxylation is 1. The molecule has 0 aliphatic carbocycles. The number of anilines is 3. The zero-order valence-electron chi connectivity index (χ0n) is 14.6. The molecule has 1 fully saturated rings. The van der Waals surface area contributed by atoms with Crippen molar-refractivity contribution in [3.63, 3.8) is 0 Å². The summed E-state index contributed by atoms with van der Waals surface area (Å²) in [6.07, 6.45) is 1.82. The topological polar surface area (TPSA) is 90.3 Å². The molecule has 0 unspecified atom stereocenters. The van der Waals surface area contributed by atoms with E-state index in [1.165, 1.54) is 0 Å². The van der Waals surface area contributed by atoms with Gasteiger partial charge in [0.25, 0.3) is 0 Å². The molecule has 3 aromatic heterocycles. The van der Waals surface area contributed by atoms with Gasteiger partial charge in [0, 0.05) is 38.8 Å². The molecule has 0 aromatic carbocycles. The van der Waals surface area contributed by atoms with Crippen LogP contribution in [-0.4, -0.2) is 69.3 Å². The lowest BCUT2D eigenvalue weighted by Crippen LogP contribution is -2.47. The van der Waals surface area contributed by atoms with Crippen molar-refractivity contribution in [3.05, 3.63) is 29.5 Å². The first-order valence-electron chi connectivity index (χ1n) is 8.62. The van der Waals surface area contributed by atoms with Crippen molar-refractivity contribution in [1.82, 2.24) is 24.8 Å². The van der Waals surface area contributed by atoms with Crippen LogP contribution in [-0.2, 0) is 0 Å². The number of aliphatic hydroxyl groups excluding tert-OH is 1. The Labute approximate surface area is 155 Å². The second kappa shape index (κ2) is 7.48. The van der Waals surface area contributed by atoms with E-state index >= 15 is 0 Å². The standard InChI is InChI=1S/C17H21N7OS/c1-12-19-15(22-17-18-11-14-13(21-17)2-9-26-14)10-16(20-12)24-5-3-23(4-6-24)7-8-25/h2,9-11,25H,3-8H2,1H3,(H,18,19,20,21,22).